The zero-order chi connectivity index (χ0) is 14.9. The van der Waals surface area contributed by atoms with Crippen LogP contribution in [0.2, 0.25) is 0 Å². The van der Waals surface area contributed by atoms with E-state index in [9.17, 15) is 0 Å². The molecule has 1 aliphatic heterocycles. The van der Waals surface area contributed by atoms with Crippen LogP contribution in [-0.2, 0) is 0 Å². The molecule has 0 spiro atoms. The first-order valence-electron chi connectivity index (χ1n) is 7.21. The molecule has 0 amide bonds. The molecule has 2 aromatic heterocycles. The zero-order valence-electron chi connectivity index (χ0n) is 12.2. The topological polar surface area (TPSA) is 45.2 Å². The normalized spacial score (nSPS) is 16.7. The van der Waals surface area contributed by atoms with Crippen molar-refractivity contribution in [2.75, 3.05) is 9.80 Å². The number of anilines is 4. The Bertz CT molecular complexity index is 709. The van der Waals surface area contributed by atoms with Gasteiger partial charge in [0.25, 0.3) is 0 Å². The lowest BCUT2D eigenvalue weighted by molar-refractivity contribution is 0.753. The molecule has 1 unspecified atom stereocenters. The van der Waals surface area contributed by atoms with E-state index in [0.29, 0.717) is 0 Å². The molecule has 3 aromatic rings. The van der Waals surface area contributed by atoms with E-state index in [-0.39, 0.29) is 6.17 Å². The molecule has 1 aromatic carbocycles. The minimum absolute atomic E-state index is 0.0731. The lowest BCUT2D eigenvalue weighted by Gasteiger charge is -2.28. The van der Waals surface area contributed by atoms with Gasteiger partial charge >= 0.3 is 0 Å². The molecule has 22 heavy (non-hydrogen) atoms. The number of benzene rings is 1. The second kappa shape index (κ2) is 5.11. The SMILES string of the molecule is CC1N(c2ccccc2)c2nccnc2N1c1cccnc1. The van der Waals surface area contributed by atoms with Crippen molar-refractivity contribution in [2.24, 2.45) is 0 Å². The third-order valence-electron chi connectivity index (χ3n) is 3.82. The number of para-hydroxylation sites is 1. The van der Waals surface area contributed by atoms with Crippen molar-refractivity contribution in [1.29, 1.82) is 0 Å². The third-order valence-corrected chi connectivity index (χ3v) is 3.82. The molecule has 0 saturated heterocycles. The fourth-order valence-electron chi connectivity index (χ4n) is 2.89. The summed E-state index contributed by atoms with van der Waals surface area (Å²) in [5.41, 5.74) is 2.11. The van der Waals surface area contributed by atoms with E-state index in [1.807, 2.05) is 36.5 Å². The van der Waals surface area contributed by atoms with Crippen molar-refractivity contribution in [3.05, 3.63) is 67.3 Å². The van der Waals surface area contributed by atoms with Crippen LogP contribution < -0.4 is 9.80 Å². The summed E-state index contributed by atoms with van der Waals surface area (Å²) in [6.07, 6.45) is 7.15. The summed E-state index contributed by atoms with van der Waals surface area (Å²) in [7, 11) is 0. The van der Waals surface area contributed by atoms with Gasteiger partial charge in [-0.05, 0) is 31.2 Å². The van der Waals surface area contributed by atoms with Crippen molar-refractivity contribution < 1.29 is 0 Å². The first-order valence-corrected chi connectivity index (χ1v) is 7.21. The average Bonchev–Trinajstić information content (AvgIpc) is 2.88. The van der Waals surface area contributed by atoms with Crippen molar-refractivity contribution >= 4 is 23.0 Å². The summed E-state index contributed by atoms with van der Waals surface area (Å²) in [5.74, 6) is 1.72. The second-order valence-corrected chi connectivity index (χ2v) is 5.12. The molecule has 3 heterocycles. The molecule has 0 saturated carbocycles. The quantitative estimate of drug-likeness (QED) is 0.722. The van der Waals surface area contributed by atoms with E-state index in [1.165, 1.54) is 0 Å². The summed E-state index contributed by atoms with van der Waals surface area (Å²) in [5, 5.41) is 0. The van der Waals surface area contributed by atoms with Gasteiger partial charge in [0.2, 0.25) is 0 Å². The number of pyridine rings is 1. The highest BCUT2D eigenvalue weighted by Crippen LogP contribution is 2.44. The van der Waals surface area contributed by atoms with Gasteiger partial charge in [-0.2, -0.15) is 0 Å². The highest BCUT2D eigenvalue weighted by Gasteiger charge is 2.37. The largest absolute Gasteiger partial charge is 0.302 e. The van der Waals surface area contributed by atoms with Crippen LogP contribution in [0.5, 0.6) is 0 Å². The van der Waals surface area contributed by atoms with Gasteiger partial charge in [0.15, 0.2) is 11.6 Å². The summed E-state index contributed by atoms with van der Waals surface area (Å²) in [6.45, 7) is 2.14. The molecule has 0 fully saturated rings. The molecular weight excluding hydrogens is 274 g/mol. The zero-order valence-corrected chi connectivity index (χ0v) is 12.2. The fraction of sp³-hybridized carbons (Fsp3) is 0.118. The third kappa shape index (κ3) is 1.90. The van der Waals surface area contributed by atoms with Crippen molar-refractivity contribution in [3.63, 3.8) is 0 Å². The smallest absolute Gasteiger partial charge is 0.178 e. The Labute approximate surface area is 128 Å². The first-order chi connectivity index (χ1) is 10.9. The Hall–Kier alpha value is -2.95. The molecular formula is C17H15N5. The Morgan fingerprint density at radius 3 is 2.05 bits per heavy atom. The Kier molecular flexibility index (Phi) is 2.96. The Balaban J connectivity index is 1.87. The average molecular weight is 289 g/mol. The fourth-order valence-corrected chi connectivity index (χ4v) is 2.89. The second-order valence-electron chi connectivity index (χ2n) is 5.12. The summed E-state index contributed by atoms with van der Waals surface area (Å²) < 4.78 is 0. The van der Waals surface area contributed by atoms with Crippen LogP contribution in [-0.4, -0.2) is 21.1 Å². The van der Waals surface area contributed by atoms with Crippen LogP contribution in [0.25, 0.3) is 0 Å². The van der Waals surface area contributed by atoms with Crippen LogP contribution in [0.3, 0.4) is 0 Å². The number of nitrogens with zero attached hydrogens (tertiary/aromatic N) is 5. The molecule has 4 rings (SSSR count). The highest BCUT2D eigenvalue weighted by atomic mass is 15.5. The minimum atomic E-state index is 0.0731. The standard InChI is InChI=1S/C17H15N5/c1-13-21(14-6-3-2-4-7-14)16-17(20-11-10-19-16)22(13)15-8-5-9-18-12-15/h2-13H,1H3. The van der Waals surface area contributed by atoms with Crippen LogP contribution >= 0.6 is 0 Å². The molecule has 1 aliphatic rings. The number of aromatic nitrogens is 3. The van der Waals surface area contributed by atoms with E-state index in [2.05, 4.69) is 43.8 Å². The summed E-state index contributed by atoms with van der Waals surface area (Å²) >= 11 is 0. The maximum absolute atomic E-state index is 4.54. The van der Waals surface area contributed by atoms with Crippen LogP contribution in [0.15, 0.2) is 67.3 Å². The molecule has 5 heteroatoms. The van der Waals surface area contributed by atoms with E-state index in [1.54, 1.807) is 18.6 Å². The van der Waals surface area contributed by atoms with Crippen LogP contribution in [0.1, 0.15) is 6.92 Å². The lowest BCUT2D eigenvalue weighted by Crippen LogP contribution is -2.35. The lowest BCUT2D eigenvalue weighted by atomic mass is 10.3. The van der Waals surface area contributed by atoms with Crippen molar-refractivity contribution in [2.45, 2.75) is 13.1 Å². The van der Waals surface area contributed by atoms with E-state index in [0.717, 1.165) is 23.0 Å². The predicted molar refractivity (Wildman–Crippen MR) is 86.5 cm³/mol. The minimum Gasteiger partial charge on any atom is -0.302 e. The van der Waals surface area contributed by atoms with Gasteiger partial charge in [-0.25, -0.2) is 9.97 Å². The van der Waals surface area contributed by atoms with Crippen molar-refractivity contribution in [3.8, 4) is 0 Å². The molecule has 0 radical (unpaired) electrons. The van der Waals surface area contributed by atoms with Gasteiger partial charge in [-0.15, -0.1) is 0 Å². The van der Waals surface area contributed by atoms with Crippen LogP contribution in [0.4, 0.5) is 23.0 Å². The molecule has 108 valence electrons. The van der Waals surface area contributed by atoms with E-state index < -0.39 is 0 Å². The number of hydrogen-bond donors (Lipinski definition) is 0. The van der Waals surface area contributed by atoms with Gasteiger partial charge in [-0.1, -0.05) is 18.2 Å². The van der Waals surface area contributed by atoms with Gasteiger partial charge in [0, 0.05) is 24.3 Å². The first kappa shape index (κ1) is 12.8. The number of hydrogen-bond acceptors (Lipinski definition) is 5. The summed E-state index contributed by atoms with van der Waals surface area (Å²) in [4.78, 5) is 17.7. The van der Waals surface area contributed by atoms with E-state index >= 15 is 0 Å². The van der Waals surface area contributed by atoms with Gasteiger partial charge in [0.1, 0.15) is 6.17 Å². The molecule has 5 nitrogen and oxygen atoms in total. The van der Waals surface area contributed by atoms with E-state index in [4.69, 9.17) is 0 Å². The molecule has 0 bridgehead atoms. The maximum Gasteiger partial charge on any atom is 0.178 e. The number of fused-ring (bicyclic) bond motifs is 1. The number of rotatable bonds is 2. The highest BCUT2D eigenvalue weighted by molar-refractivity contribution is 5.82. The van der Waals surface area contributed by atoms with Gasteiger partial charge in [-0.3, -0.25) is 4.98 Å². The Morgan fingerprint density at radius 2 is 1.41 bits per heavy atom. The van der Waals surface area contributed by atoms with Gasteiger partial charge in [0.05, 0.1) is 11.9 Å². The molecule has 0 N–H and O–H groups in total. The monoisotopic (exact) mass is 289 g/mol. The maximum atomic E-state index is 4.54. The molecule has 1 atom stereocenters. The van der Waals surface area contributed by atoms with Gasteiger partial charge < -0.3 is 9.80 Å². The van der Waals surface area contributed by atoms with Crippen LogP contribution in [0, 0.1) is 0 Å². The predicted octanol–water partition coefficient (Wildman–Crippen LogP) is 3.51. The molecule has 0 aliphatic carbocycles. The van der Waals surface area contributed by atoms with Crippen molar-refractivity contribution in [1.82, 2.24) is 15.0 Å². The Morgan fingerprint density at radius 1 is 0.773 bits per heavy atom. The summed E-state index contributed by atoms with van der Waals surface area (Å²) in [6, 6.07) is 14.2.